The lowest BCUT2D eigenvalue weighted by molar-refractivity contribution is -0.114. The molecule has 7 heteroatoms. The van der Waals surface area contributed by atoms with E-state index in [1.807, 2.05) is 0 Å². The second kappa shape index (κ2) is 7.99. The second-order valence-electron chi connectivity index (χ2n) is 4.65. The van der Waals surface area contributed by atoms with Crippen molar-refractivity contribution in [2.45, 2.75) is 38.0 Å². The third-order valence-electron chi connectivity index (χ3n) is 2.86. The van der Waals surface area contributed by atoms with Gasteiger partial charge in [0.1, 0.15) is 5.75 Å². The Hall–Kier alpha value is -1.60. The van der Waals surface area contributed by atoms with Crippen molar-refractivity contribution in [3.05, 3.63) is 18.2 Å². The minimum absolute atomic E-state index is 0.101. The average molecular weight is 314 g/mol. The van der Waals surface area contributed by atoms with E-state index in [1.54, 1.807) is 0 Å². The van der Waals surface area contributed by atoms with Gasteiger partial charge in [0.05, 0.1) is 17.7 Å². The molecule has 0 aliphatic rings. The van der Waals surface area contributed by atoms with E-state index >= 15 is 0 Å². The molecule has 0 fully saturated rings. The highest BCUT2D eigenvalue weighted by Crippen LogP contribution is 2.27. The van der Waals surface area contributed by atoms with Gasteiger partial charge in [-0.2, -0.15) is 0 Å². The minimum Gasteiger partial charge on any atom is -0.495 e. The van der Waals surface area contributed by atoms with E-state index in [1.165, 1.54) is 32.2 Å². The zero-order chi connectivity index (χ0) is 15.9. The predicted octanol–water partition coefficient (Wildman–Crippen LogP) is 2.12. The fourth-order valence-corrected chi connectivity index (χ4v) is 2.91. The quantitative estimate of drug-likeness (QED) is 0.720. The van der Waals surface area contributed by atoms with Gasteiger partial charge in [-0.1, -0.05) is 19.8 Å². The number of nitrogens with one attached hydrogen (secondary N) is 2. The van der Waals surface area contributed by atoms with Gasteiger partial charge < -0.3 is 10.1 Å². The summed E-state index contributed by atoms with van der Waals surface area (Å²) in [6.45, 7) is 3.80. The molecule has 0 aliphatic heterocycles. The molecule has 0 heterocycles. The number of amides is 1. The van der Waals surface area contributed by atoms with Crippen LogP contribution in [0.25, 0.3) is 0 Å². The number of carbonyl (C=O) groups excluding carboxylic acids is 1. The number of ether oxygens (including phenoxy) is 1. The summed E-state index contributed by atoms with van der Waals surface area (Å²) in [5, 5.41) is 2.56. The maximum atomic E-state index is 12.2. The van der Waals surface area contributed by atoms with E-state index in [2.05, 4.69) is 17.0 Å². The second-order valence-corrected chi connectivity index (χ2v) is 6.42. The lowest BCUT2D eigenvalue weighted by Gasteiger charge is -2.12. The van der Waals surface area contributed by atoms with Crippen LogP contribution in [0.4, 0.5) is 5.69 Å². The van der Waals surface area contributed by atoms with Crippen molar-refractivity contribution in [3.63, 3.8) is 0 Å². The number of unbranched alkanes of at least 4 members (excludes halogenated alkanes) is 2. The topological polar surface area (TPSA) is 84.5 Å². The third kappa shape index (κ3) is 5.35. The molecule has 0 unspecified atom stereocenters. The molecule has 0 saturated carbocycles. The predicted molar refractivity (Wildman–Crippen MR) is 82.0 cm³/mol. The molecule has 0 saturated heterocycles. The monoisotopic (exact) mass is 314 g/mol. The van der Waals surface area contributed by atoms with Gasteiger partial charge in [-0.3, -0.25) is 4.79 Å². The number of hydrogen-bond acceptors (Lipinski definition) is 4. The van der Waals surface area contributed by atoms with Crippen molar-refractivity contribution in [2.24, 2.45) is 0 Å². The van der Waals surface area contributed by atoms with Gasteiger partial charge in [0.15, 0.2) is 0 Å². The highest BCUT2D eigenvalue weighted by molar-refractivity contribution is 7.89. The summed E-state index contributed by atoms with van der Waals surface area (Å²) in [5.74, 6) is 0.119. The van der Waals surface area contributed by atoms with Gasteiger partial charge in [-0.25, -0.2) is 13.1 Å². The highest BCUT2D eigenvalue weighted by Gasteiger charge is 2.16. The van der Waals surface area contributed by atoms with Crippen molar-refractivity contribution >= 4 is 21.6 Å². The molecular weight excluding hydrogens is 292 g/mol. The van der Waals surface area contributed by atoms with E-state index in [-0.39, 0.29) is 10.8 Å². The van der Waals surface area contributed by atoms with Gasteiger partial charge in [0.25, 0.3) is 0 Å². The van der Waals surface area contributed by atoms with Crippen LogP contribution in [0.1, 0.15) is 33.1 Å². The standard InChI is InChI=1S/C14H22N2O4S/c1-4-5-6-9-15-21(18,19)12-7-8-14(20-3)13(10-12)16-11(2)17/h7-8,10,15H,4-6,9H2,1-3H3,(H,16,17). The van der Waals surface area contributed by atoms with Crippen LogP contribution in [0, 0.1) is 0 Å². The van der Waals surface area contributed by atoms with Crippen molar-refractivity contribution in [2.75, 3.05) is 19.0 Å². The summed E-state index contributed by atoms with van der Waals surface area (Å²) in [7, 11) is -2.12. The van der Waals surface area contributed by atoms with Gasteiger partial charge in [0.2, 0.25) is 15.9 Å². The Kier molecular flexibility index (Phi) is 6.64. The largest absolute Gasteiger partial charge is 0.495 e. The fraction of sp³-hybridized carbons (Fsp3) is 0.500. The molecule has 0 aromatic heterocycles. The molecule has 0 radical (unpaired) electrons. The van der Waals surface area contributed by atoms with Crippen molar-refractivity contribution in [1.82, 2.24) is 4.72 Å². The van der Waals surface area contributed by atoms with Gasteiger partial charge in [-0.05, 0) is 24.6 Å². The Morgan fingerprint density at radius 2 is 2.00 bits per heavy atom. The Labute approximate surface area is 125 Å². The molecular formula is C14H22N2O4S. The molecule has 2 N–H and O–H groups in total. The Bertz CT molecular complexity index is 585. The number of sulfonamides is 1. The first-order valence-electron chi connectivity index (χ1n) is 6.86. The van der Waals surface area contributed by atoms with Gasteiger partial charge in [0, 0.05) is 13.5 Å². The average Bonchev–Trinajstić information content (AvgIpc) is 2.43. The first-order chi connectivity index (χ1) is 9.90. The molecule has 0 atom stereocenters. The zero-order valence-corrected chi connectivity index (χ0v) is 13.4. The molecule has 0 bridgehead atoms. The Morgan fingerprint density at radius 1 is 1.29 bits per heavy atom. The minimum atomic E-state index is -3.58. The van der Waals surface area contributed by atoms with E-state index in [0.29, 0.717) is 18.0 Å². The first-order valence-corrected chi connectivity index (χ1v) is 8.34. The summed E-state index contributed by atoms with van der Waals surface area (Å²) in [5.41, 5.74) is 0.335. The summed E-state index contributed by atoms with van der Waals surface area (Å²) < 4.78 is 32.0. The van der Waals surface area contributed by atoms with Crippen molar-refractivity contribution in [3.8, 4) is 5.75 Å². The summed E-state index contributed by atoms with van der Waals surface area (Å²) >= 11 is 0. The van der Waals surface area contributed by atoms with Crippen molar-refractivity contribution < 1.29 is 17.9 Å². The first kappa shape index (κ1) is 17.5. The number of anilines is 1. The maximum absolute atomic E-state index is 12.2. The highest BCUT2D eigenvalue weighted by atomic mass is 32.2. The number of hydrogen-bond donors (Lipinski definition) is 2. The van der Waals surface area contributed by atoms with E-state index in [0.717, 1.165) is 19.3 Å². The molecule has 0 spiro atoms. The van der Waals surface area contributed by atoms with Gasteiger partial charge in [-0.15, -0.1) is 0 Å². The number of carbonyl (C=O) groups is 1. The van der Waals surface area contributed by atoms with Gasteiger partial charge >= 0.3 is 0 Å². The number of rotatable bonds is 8. The van der Waals surface area contributed by atoms with Crippen LogP contribution >= 0.6 is 0 Å². The van der Waals surface area contributed by atoms with E-state index in [4.69, 9.17) is 4.74 Å². The number of methoxy groups -OCH3 is 1. The molecule has 1 aromatic carbocycles. The van der Waals surface area contributed by atoms with Crippen LogP contribution in [0.15, 0.2) is 23.1 Å². The maximum Gasteiger partial charge on any atom is 0.240 e. The van der Waals surface area contributed by atoms with Crippen molar-refractivity contribution in [1.29, 1.82) is 0 Å². The zero-order valence-electron chi connectivity index (χ0n) is 12.6. The lowest BCUT2D eigenvalue weighted by Crippen LogP contribution is -2.25. The summed E-state index contributed by atoms with van der Waals surface area (Å²) in [4.78, 5) is 11.3. The van der Waals surface area contributed by atoms with Crippen LogP contribution in [0.2, 0.25) is 0 Å². The van der Waals surface area contributed by atoms with Crippen LogP contribution in [0.3, 0.4) is 0 Å². The third-order valence-corrected chi connectivity index (χ3v) is 4.32. The molecule has 1 aromatic rings. The molecule has 0 aliphatic carbocycles. The van der Waals surface area contributed by atoms with E-state index < -0.39 is 10.0 Å². The molecule has 118 valence electrons. The van der Waals surface area contributed by atoms with Crippen LogP contribution in [-0.4, -0.2) is 28.0 Å². The molecule has 1 amide bonds. The van der Waals surface area contributed by atoms with E-state index in [9.17, 15) is 13.2 Å². The SMILES string of the molecule is CCCCCNS(=O)(=O)c1ccc(OC)c(NC(C)=O)c1. The molecule has 6 nitrogen and oxygen atoms in total. The summed E-state index contributed by atoms with van der Waals surface area (Å²) in [6, 6.07) is 4.36. The lowest BCUT2D eigenvalue weighted by atomic mass is 10.3. The molecule has 1 rings (SSSR count). The van der Waals surface area contributed by atoms with Crippen LogP contribution in [0.5, 0.6) is 5.75 Å². The smallest absolute Gasteiger partial charge is 0.240 e. The van der Waals surface area contributed by atoms with Crippen LogP contribution in [-0.2, 0) is 14.8 Å². The summed E-state index contributed by atoms with van der Waals surface area (Å²) in [6.07, 6.45) is 2.80. The Balaban J connectivity index is 2.93. The molecule has 21 heavy (non-hydrogen) atoms. The van der Waals surface area contributed by atoms with Crippen LogP contribution < -0.4 is 14.8 Å². The normalized spacial score (nSPS) is 11.2. The fourth-order valence-electron chi connectivity index (χ4n) is 1.81. The Morgan fingerprint density at radius 3 is 2.57 bits per heavy atom. The number of benzene rings is 1.